The molecule has 0 aromatic heterocycles. The summed E-state index contributed by atoms with van der Waals surface area (Å²) in [6.07, 6.45) is 0.982. The molecule has 0 radical (unpaired) electrons. The monoisotopic (exact) mass is 421 g/mol. The highest BCUT2D eigenvalue weighted by Crippen LogP contribution is 2.27. The van der Waals surface area contributed by atoms with Crippen LogP contribution in [-0.4, -0.2) is 39.3 Å². The van der Waals surface area contributed by atoms with Crippen molar-refractivity contribution in [3.8, 4) is 0 Å². The molecule has 0 heterocycles. The van der Waals surface area contributed by atoms with Gasteiger partial charge in [-0.1, -0.05) is 13.8 Å². The summed E-state index contributed by atoms with van der Waals surface area (Å²) < 4.78 is 40.9. The van der Waals surface area contributed by atoms with Crippen LogP contribution in [0.5, 0.6) is 0 Å². The van der Waals surface area contributed by atoms with Crippen LogP contribution in [0.2, 0.25) is 0 Å². The van der Waals surface area contributed by atoms with Crippen LogP contribution in [0, 0.1) is 5.82 Å². The molecule has 8 heteroatoms. The molecule has 0 saturated heterocycles. The quantitative estimate of drug-likeness (QED) is 0.668. The Labute approximate surface area is 172 Å². The molecule has 2 aromatic rings. The highest BCUT2D eigenvalue weighted by Gasteiger charge is 2.25. The van der Waals surface area contributed by atoms with Gasteiger partial charge in [0, 0.05) is 45.0 Å². The number of hydrogen-bond acceptors (Lipinski definition) is 4. The number of amides is 1. The summed E-state index contributed by atoms with van der Waals surface area (Å²) in [6, 6.07) is 10.3. The highest BCUT2D eigenvalue weighted by molar-refractivity contribution is 7.89. The Bertz CT molecular complexity index is 944. The van der Waals surface area contributed by atoms with Gasteiger partial charge in [0.1, 0.15) is 5.82 Å². The Balaban J connectivity index is 2.43. The second kappa shape index (κ2) is 9.84. The molecule has 0 saturated carbocycles. The largest absolute Gasteiger partial charge is 0.377 e. The summed E-state index contributed by atoms with van der Waals surface area (Å²) in [6.45, 7) is 4.12. The van der Waals surface area contributed by atoms with E-state index < -0.39 is 15.8 Å². The Morgan fingerprint density at radius 2 is 1.72 bits per heavy atom. The Morgan fingerprint density at radius 3 is 2.28 bits per heavy atom. The second-order valence-corrected chi connectivity index (χ2v) is 8.87. The van der Waals surface area contributed by atoms with Crippen molar-refractivity contribution in [1.29, 1.82) is 0 Å². The van der Waals surface area contributed by atoms with Crippen LogP contribution < -0.4 is 10.2 Å². The summed E-state index contributed by atoms with van der Waals surface area (Å²) in [5.41, 5.74) is 2.24. The average Bonchev–Trinajstić information content (AvgIpc) is 2.67. The first-order valence-corrected chi connectivity index (χ1v) is 11.0. The lowest BCUT2D eigenvalue weighted by molar-refractivity contribution is -0.115. The summed E-state index contributed by atoms with van der Waals surface area (Å²) in [4.78, 5) is 13.7. The van der Waals surface area contributed by atoms with Gasteiger partial charge in [-0.15, -0.1) is 0 Å². The summed E-state index contributed by atoms with van der Waals surface area (Å²) >= 11 is 0. The predicted molar refractivity (Wildman–Crippen MR) is 114 cm³/mol. The minimum Gasteiger partial charge on any atom is -0.377 e. The molecule has 0 atom stereocenters. The van der Waals surface area contributed by atoms with Crippen LogP contribution in [0.1, 0.15) is 32.3 Å². The number of carbonyl (C=O) groups excluding carboxylic acids is 1. The Kier molecular flexibility index (Phi) is 7.75. The fraction of sp³-hybridized carbons (Fsp3) is 0.381. The average molecular weight is 422 g/mol. The third-order valence-corrected chi connectivity index (χ3v) is 6.30. The predicted octanol–water partition coefficient (Wildman–Crippen LogP) is 3.84. The van der Waals surface area contributed by atoms with E-state index in [9.17, 15) is 17.6 Å². The molecule has 0 fully saturated rings. The fourth-order valence-corrected chi connectivity index (χ4v) is 4.46. The van der Waals surface area contributed by atoms with Crippen molar-refractivity contribution in [3.05, 3.63) is 53.8 Å². The minimum atomic E-state index is -3.80. The molecular weight excluding hydrogens is 393 g/mol. The van der Waals surface area contributed by atoms with Gasteiger partial charge in [-0.05, 0) is 54.4 Å². The fourth-order valence-electron chi connectivity index (χ4n) is 2.95. The van der Waals surface area contributed by atoms with E-state index in [0.717, 1.165) is 23.4 Å². The van der Waals surface area contributed by atoms with Crippen LogP contribution >= 0.6 is 0 Å². The summed E-state index contributed by atoms with van der Waals surface area (Å²) in [5.74, 6) is -0.599. The van der Waals surface area contributed by atoms with Gasteiger partial charge in [-0.3, -0.25) is 4.79 Å². The number of nitrogens with zero attached hydrogens (tertiary/aromatic N) is 2. The molecule has 0 aliphatic heterocycles. The third kappa shape index (κ3) is 5.77. The molecule has 158 valence electrons. The van der Waals surface area contributed by atoms with Crippen molar-refractivity contribution < 1.29 is 17.6 Å². The van der Waals surface area contributed by atoms with Crippen LogP contribution in [0.15, 0.2) is 47.4 Å². The van der Waals surface area contributed by atoms with Crippen LogP contribution in [0.4, 0.5) is 15.8 Å². The van der Waals surface area contributed by atoms with E-state index in [4.69, 9.17) is 0 Å². The SMILES string of the molecule is CCCN(Cc1cc(NC(=O)CC)ccc1N(C)C)S(=O)(=O)c1ccc(F)cc1. The second-order valence-electron chi connectivity index (χ2n) is 6.93. The molecule has 0 bridgehead atoms. The first-order valence-electron chi connectivity index (χ1n) is 9.54. The number of nitrogens with one attached hydrogen (secondary N) is 1. The van der Waals surface area contributed by atoms with E-state index >= 15 is 0 Å². The van der Waals surface area contributed by atoms with Crippen molar-refractivity contribution in [2.24, 2.45) is 0 Å². The van der Waals surface area contributed by atoms with Crippen LogP contribution in [-0.2, 0) is 21.4 Å². The lowest BCUT2D eigenvalue weighted by atomic mass is 10.1. The van der Waals surface area contributed by atoms with Gasteiger partial charge in [0.25, 0.3) is 0 Å². The van der Waals surface area contributed by atoms with Crippen molar-refractivity contribution in [1.82, 2.24) is 4.31 Å². The van der Waals surface area contributed by atoms with Crippen molar-refractivity contribution >= 4 is 27.3 Å². The molecule has 0 aliphatic carbocycles. The maximum absolute atomic E-state index is 13.2. The molecular formula is C21H28FN3O3S. The van der Waals surface area contributed by atoms with Gasteiger partial charge in [-0.25, -0.2) is 12.8 Å². The molecule has 0 aliphatic rings. The molecule has 6 nitrogen and oxygen atoms in total. The number of rotatable bonds is 9. The van der Waals surface area contributed by atoms with Crippen LogP contribution in [0.3, 0.4) is 0 Å². The Morgan fingerprint density at radius 1 is 1.07 bits per heavy atom. The third-order valence-electron chi connectivity index (χ3n) is 4.44. The first-order chi connectivity index (χ1) is 13.7. The van der Waals surface area contributed by atoms with E-state index in [0.29, 0.717) is 25.1 Å². The van der Waals surface area contributed by atoms with E-state index in [1.165, 1.54) is 16.4 Å². The minimum absolute atomic E-state index is 0.0502. The van der Waals surface area contributed by atoms with E-state index in [2.05, 4.69) is 5.32 Å². The number of carbonyl (C=O) groups is 1. The van der Waals surface area contributed by atoms with Gasteiger partial charge in [0.2, 0.25) is 15.9 Å². The smallest absolute Gasteiger partial charge is 0.243 e. The van der Waals surface area contributed by atoms with Gasteiger partial charge >= 0.3 is 0 Å². The van der Waals surface area contributed by atoms with Gasteiger partial charge < -0.3 is 10.2 Å². The molecule has 29 heavy (non-hydrogen) atoms. The van der Waals surface area contributed by atoms with E-state index in [1.807, 2.05) is 32.0 Å². The molecule has 0 unspecified atom stereocenters. The zero-order chi connectivity index (χ0) is 21.6. The van der Waals surface area contributed by atoms with Crippen molar-refractivity contribution in [3.63, 3.8) is 0 Å². The van der Waals surface area contributed by atoms with E-state index in [1.54, 1.807) is 19.1 Å². The topological polar surface area (TPSA) is 69.7 Å². The Hall–Kier alpha value is -2.45. The summed E-state index contributed by atoms with van der Waals surface area (Å²) in [5, 5.41) is 2.81. The van der Waals surface area contributed by atoms with Crippen molar-refractivity contribution in [2.75, 3.05) is 30.9 Å². The lowest BCUT2D eigenvalue weighted by Crippen LogP contribution is -2.32. The normalized spacial score (nSPS) is 11.5. The molecule has 1 amide bonds. The van der Waals surface area contributed by atoms with Gasteiger partial charge in [0.15, 0.2) is 0 Å². The molecule has 2 rings (SSSR count). The standard InChI is InChI=1S/C21H28FN3O3S/c1-5-13-25(29(27,28)19-10-7-17(22)8-11-19)15-16-14-18(23-21(26)6-2)9-12-20(16)24(3)4/h7-12,14H,5-6,13,15H2,1-4H3,(H,23,26). The maximum Gasteiger partial charge on any atom is 0.243 e. The van der Waals surface area contributed by atoms with Crippen molar-refractivity contribution in [2.45, 2.75) is 38.1 Å². The number of sulfonamides is 1. The summed E-state index contributed by atoms with van der Waals surface area (Å²) in [7, 11) is -0.0469. The lowest BCUT2D eigenvalue weighted by Gasteiger charge is -2.25. The van der Waals surface area contributed by atoms with Crippen LogP contribution in [0.25, 0.3) is 0 Å². The number of benzene rings is 2. The maximum atomic E-state index is 13.2. The zero-order valence-corrected chi connectivity index (χ0v) is 18.1. The highest BCUT2D eigenvalue weighted by atomic mass is 32.2. The molecule has 2 aromatic carbocycles. The van der Waals surface area contributed by atoms with Gasteiger partial charge in [0.05, 0.1) is 4.90 Å². The zero-order valence-electron chi connectivity index (χ0n) is 17.3. The molecule has 0 spiro atoms. The van der Waals surface area contributed by atoms with Gasteiger partial charge in [-0.2, -0.15) is 4.31 Å². The molecule has 1 N–H and O–H groups in total. The van der Waals surface area contributed by atoms with E-state index in [-0.39, 0.29) is 17.3 Å². The number of halogens is 1. The number of anilines is 2. The number of hydrogen-bond donors (Lipinski definition) is 1. The first kappa shape index (κ1) is 22.8.